The van der Waals surface area contributed by atoms with Gasteiger partial charge in [-0.25, -0.2) is 4.79 Å². The third-order valence-electron chi connectivity index (χ3n) is 3.72. The Kier molecular flexibility index (Phi) is 5.88. The van der Waals surface area contributed by atoms with Gasteiger partial charge in [0.05, 0.1) is 0 Å². The molecule has 0 aliphatic carbocycles. The summed E-state index contributed by atoms with van der Waals surface area (Å²) in [6.45, 7) is 8.28. The van der Waals surface area contributed by atoms with Gasteiger partial charge >= 0.3 is 6.09 Å². The molecule has 1 aromatic carbocycles. The summed E-state index contributed by atoms with van der Waals surface area (Å²) in [5.41, 5.74) is 1.73. The van der Waals surface area contributed by atoms with E-state index >= 15 is 0 Å². The molecule has 1 fully saturated rings. The van der Waals surface area contributed by atoms with Crippen molar-refractivity contribution in [2.24, 2.45) is 0 Å². The lowest BCUT2D eigenvalue weighted by Gasteiger charge is -2.26. The summed E-state index contributed by atoms with van der Waals surface area (Å²) >= 11 is 0. The first-order valence-electron chi connectivity index (χ1n) is 8.34. The Morgan fingerprint density at radius 1 is 1.43 bits per heavy atom. The molecule has 2 N–H and O–H groups in total. The molecule has 1 aromatic rings. The van der Waals surface area contributed by atoms with Gasteiger partial charge in [0.1, 0.15) is 5.60 Å². The molecule has 0 spiro atoms. The van der Waals surface area contributed by atoms with Crippen molar-refractivity contribution in [3.05, 3.63) is 29.8 Å². The first kappa shape index (κ1) is 17.6. The summed E-state index contributed by atoms with van der Waals surface area (Å²) in [7, 11) is 1.76. The van der Waals surface area contributed by atoms with Crippen molar-refractivity contribution in [3.8, 4) is 0 Å². The van der Waals surface area contributed by atoms with Gasteiger partial charge < -0.3 is 20.3 Å². The Morgan fingerprint density at radius 2 is 2.22 bits per heavy atom. The number of anilines is 1. The molecule has 1 unspecified atom stereocenters. The van der Waals surface area contributed by atoms with E-state index in [1.54, 1.807) is 11.9 Å². The van der Waals surface area contributed by atoms with Crippen LogP contribution in [-0.4, -0.2) is 42.8 Å². The first-order valence-corrected chi connectivity index (χ1v) is 8.34. The molecule has 1 aliphatic heterocycles. The Morgan fingerprint density at radius 3 is 2.87 bits per heavy atom. The summed E-state index contributed by atoms with van der Waals surface area (Å²) in [5.74, 6) is 0. The van der Waals surface area contributed by atoms with Crippen molar-refractivity contribution in [3.63, 3.8) is 0 Å². The highest BCUT2D eigenvalue weighted by atomic mass is 16.6. The van der Waals surface area contributed by atoms with Gasteiger partial charge in [0.25, 0.3) is 0 Å². The maximum atomic E-state index is 12.0. The van der Waals surface area contributed by atoms with E-state index in [1.165, 1.54) is 12.8 Å². The molecular formula is C18H29N3O2. The number of nitrogens with zero attached hydrogens (tertiary/aromatic N) is 1. The second-order valence-electron chi connectivity index (χ2n) is 7.22. The average molecular weight is 319 g/mol. The number of ether oxygens (including phenoxy) is 1. The number of carbonyl (C=O) groups excluding carboxylic acids is 1. The van der Waals surface area contributed by atoms with Crippen LogP contribution >= 0.6 is 0 Å². The predicted molar refractivity (Wildman–Crippen MR) is 93.7 cm³/mol. The van der Waals surface area contributed by atoms with E-state index in [0.29, 0.717) is 12.6 Å². The molecule has 0 radical (unpaired) electrons. The molecule has 1 heterocycles. The molecule has 23 heavy (non-hydrogen) atoms. The van der Waals surface area contributed by atoms with Crippen molar-refractivity contribution < 1.29 is 9.53 Å². The van der Waals surface area contributed by atoms with Gasteiger partial charge in [0, 0.05) is 31.9 Å². The zero-order valence-electron chi connectivity index (χ0n) is 14.7. The lowest BCUT2D eigenvalue weighted by atomic mass is 10.1. The SMILES string of the molecule is CN(Cc1cccc(NC2CCCNC2)c1)C(=O)OC(C)(C)C. The van der Waals surface area contributed by atoms with Crippen LogP contribution in [0, 0.1) is 0 Å². The van der Waals surface area contributed by atoms with Crippen molar-refractivity contribution >= 4 is 11.8 Å². The van der Waals surface area contributed by atoms with Gasteiger partial charge in [-0.2, -0.15) is 0 Å². The molecule has 1 atom stereocenters. The highest BCUT2D eigenvalue weighted by molar-refractivity contribution is 5.67. The maximum Gasteiger partial charge on any atom is 0.410 e. The number of piperidine rings is 1. The fourth-order valence-corrected chi connectivity index (χ4v) is 2.65. The van der Waals surface area contributed by atoms with Crippen LogP contribution in [0.5, 0.6) is 0 Å². The lowest BCUT2D eigenvalue weighted by Crippen LogP contribution is -2.38. The normalized spacial score (nSPS) is 18.3. The van der Waals surface area contributed by atoms with E-state index in [1.807, 2.05) is 32.9 Å². The third kappa shape index (κ3) is 6.10. The van der Waals surface area contributed by atoms with Crippen molar-refractivity contribution in [2.45, 2.75) is 51.8 Å². The van der Waals surface area contributed by atoms with Crippen LogP contribution in [-0.2, 0) is 11.3 Å². The number of nitrogens with one attached hydrogen (secondary N) is 2. The highest BCUT2D eigenvalue weighted by Gasteiger charge is 2.19. The molecule has 0 saturated carbocycles. The molecule has 0 bridgehead atoms. The van der Waals surface area contributed by atoms with Crippen LogP contribution in [0.3, 0.4) is 0 Å². The second kappa shape index (κ2) is 7.68. The fourth-order valence-electron chi connectivity index (χ4n) is 2.65. The van der Waals surface area contributed by atoms with E-state index < -0.39 is 5.60 Å². The number of amides is 1. The summed E-state index contributed by atoms with van der Waals surface area (Å²) in [6, 6.07) is 8.71. The molecule has 2 rings (SSSR count). The molecule has 5 heteroatoms. The Balaban J connectivity index is 1.92. The number of carbonyl (C=O) groups is 1. The smallest absolute Gasteiger partial charge is 0.410 e. The van der Waals surface area contributed by atoms with E-state index in [2.05, 4.69) is 22.8 Å². The second-order valence-corrected chi connectivity index (χ2v) is 7.22. The first-order chi connectivity index (χ1) is 10.8. The standard InChI is InChI=1S/C18H29N3O2/c1-18(2,3)23-17(22)21(4)13-14-7-5-8-15(11-14)20-16-9-6-10-19-12-16/h5,7-8,11,16,19-20H,6,9-10,12-13H2,1-4H3. The fraction of sp³-hybridized carbons (Fsp3) is 0.611. The van der Waals surface area contributed by atoms with E-state index in [4.69, 9.17) is 4.74 Å². The molecule has 1 aliphatic rings. The molecule has 0 aromatic heterocycles. The maximum absolute atomic E-state index is 12.0. The van der Waals surface area contributed by atoms with Crippen LogP contribution in [0.4, 0.5) is 10.5 Å². The third-order valence-corrected chi connectivity index (χ3v) is 3.72. The molecule has 5 nitrogen and oxygen atoms in total. The zero-order chi connectivity index (χ0) is 16.9. The number of hydrogen-bond acceptors (Lipinski definition) is 4. The Hall–Kier alpha value is -1.75. The largest absolute Gasteiger partial charge is 0.444 e. The van der Waals surface area contributed by atoms with Gasteiger partial charge in [0.2, 0.25) is 0 Å². The van der Waals surface area contributed by atoms with Crippen LogP contribution in [0.1, 0.15) is 39.2 Å². The van der Waals surface area contributed by atoms with E-state index in [-0.39, 0.29) is 6.09 Å². The highest BCUT2D eigenvalue weighted by Crippen LogP contribution is 2.17. The minimum atomic E-state index is -0.470. The van der Waals surface area contributed by atoms with E-state index in [0.717, 1.165) is 24.3 Å². The van der Waals surface area contributed by atoms with Crippen LogP contribution in [0.15, 0.2) is 24.3 Å². The minimum absolute atomic E-state index is 0.299. The van der Waals surface area contributed by atoms with Gasteiger partial charge in [-0.15, -0.1) is 0 Å². The van der Waals surface area contributed by atoms with E-state index in [9.17, 15) is 4.79 Å². The quantitative estimate of drug-likeness (QED) is 0.895. The van der Waals surface area contributed by atoms with Gasteiger partial charge in [0.15, 0.2) is 0 Å². The summed E-state index contributed by atoms with van der Waals surface area (Å²) in [4.78, 5) is 13.6. The van der Waals surface area contributed by atoms with Crippen LogP contribution in [0.25, 0.3) is 0 Å². The minimum Gasteiger partial charge on any atom is -0.444 e. The monoisotopic (exact) mass is 319 g/mol. The topological polar surface area (TPSA) is 53.6 Å². The van der Waals surface area contributed by atoms with Crippen molar-refractivity contribution in [1.82, 2.24) is 10.2 Å². The van der Waals surface area contributed by atoms with Crippen molar-refractivity contribution in [2.75, 3.05) is 25.5 Å². The van der Waals surface area contributed by atoms with Crippen LogP contribution < -0.4 is 10.6 Å². The Bertz CT molecular complexity index is 519. The Labute approximate surface area is 139 Å². The van der Waals surface area contributed by atoms with Gasteiger partial charge in [-0.05, 0) is 57.9 Å². The molecule has 1 amide bonds. The van der Waals surface area contributed by atoms with Gasteiger partial charge in [-0.1, -0.05) is 12.1 Å². The summed E-state index contributed by atoms with van der Waals surface area (Å²) < 4.78 is 5.39. The zero-order valence-corrected chi connectivity index (χ0v) is 14.7. The number of hydrogen-bond donors (Lipinski definition) is 2. The average Bonchev–Trinajstić information content (AvgIpc) is 2.47. The molecule has 128 valence electrons. The summed E-state index contributed by atoms with van der Waals surface area (Å²) in [5, 5.41) is 6.97. The number of benzene rings is 1. The van der Waals surface area contributed by atoms with Crippen molar-refractivity contribution in [1.29, 1.82) is 0 Å². The molecule has 1 saturated heterocycles. The van der Waals surface area contributed by atoms with Gasteiger partial charge in [-0.3, -0.25) is 0 Å². The number of rotatable bonds is 4. The molecular weight excluding hydrogens is 290 g/mol. The van der Waals surface area contributed by atoms with Crippen LogP contribution in [0.2, 0.25) is 0 Å². The predicted octanol–water partition coefficient (Wildman–Crippen LogP) is 3.22. The lowest BCUT2D eigenvalue weighted by molar-refractivity contribution is 0.0285. The summed E-state index contributed by atoms with van der Waals surface area (Å²) in [6.07, 6.45) is 2.10.